The van der Waals surface area contributed by atoms with Crippen LogP contribution in [0.1, 0.15) is 45.1 Å². The molecule has 0 aliphatic heterocycles. The van der Waals surface area contributed by atoms with Crippen molar-refractivity contribution in [2.24, 2.45) is 11.7 Å². The summed E-state index contributed by atoms with van der Waals surface area (Å²) in [5, 5.41) is 15.2. The maximum Gasteiger partial charge on any atom is 0.225 e. The number of carbonyl (C=O) groups is 1. The molecule has 182 valence electrons. The van der Waals surface area contributed by atoms with E-state index in [-0.39, 0.29) is 42.4 Å². The number of primary amides is 1. The van der Waals surface area contributed by atoms with Crippen LogP contribution in [0.2, 0.25) is 0 Å². The third-order valence-corrected chi connectivity index (χ3v) is 6.19. The number of imidazole rings is 1. The average Bonchev–Trinajstić information content (AvgIpc) is 3.17. The van der Waals surface area contributed by atoms with Crippen LogP contribution < -0.4 is 16.4 Å². The fourth-order valence-electron chi connectivity index (χ4n) is 4.25. The number of aliphatic hydroxyl groups is 1. The lowest BCUT2D eigenvalue weighted by atomic mass is 9.85. The van der Waals surface area contributed by atoms with Crippen LogP contribution in [0.4, 0.5) is 30.8 Å². The number of hydrogen-bond acceptors (Lipinski definition) is 7. The molecule has 1 atom stereocenters. The van der Waals surface area contributed by atoms with E-state index in [0.717, 1.165) is 0 Å². The molecule has 1 saturated carbocycles. The van der Waals surface area contributed by atoms with Crippen LogP contribution in [0.25, 0.3) is 11.2 Å². The first-order chi connectivity index (χ1) is 16.3. The van der Waals surface area contributed by atoms with Gasteiger partial charge in [-0.15, -0.1) is 0 Å². The summed E-state index contributed by atoms with van der Waals surface area (Å²) in [5.74, 6) is -3.45. The maximum absolute atomic E-state index is 14.4. The zero-order chi connectivity index (χ0) is 24.4. The quantitative estimate of drug-likeness (QED) is 0.391. The van der Waals surface area contributed by atoms with Gasteiger partial charge in [0.25, 0.3) is 0 Å². The largest absolute Gasteiger partial charge is 0.394 e. The highest BCUT2D eigenvalue weighted by Crippen LogP contribution is 2.37. The van der Waals surface area contributed by atoms with Crippen molar-refractivity contribution in [2.45, 2.75) is 51.1 Å². The number of fused-ring (bicyclic) bond motifs is 1. The minimum Gasteiger partial charge on any atom is -0.394 e. The van der Waals surface area contributed by atoms with Crippen LogP contribution >= 0.6 is 0 Å². The number of hydrogen-bond donors (Lipinski definition) is 4. The molecule has 3 aromatic rings. The van der Waals surface area contributed by atoms with Gasteiger partial charge in [0.05, 0.1) is 18.8 Å². The summed E-state index contributed by atoms with van der Waals surface area (Å²) in [7, 11) is 0. The zero-order valence-corrected chi connectivity index (χ0v) is 18.6. The summed E-state index contributed by atoms with van der Waals surface area (Å²) in [5.41, 5.74) is 5.71. The molecular weight excluding hydrogens is 451 g/mol. The second kappa shape index (κ2) is 9.84. The average molecular weight is 477 g/mol. The first kappa shape index (κ1) is 23.7. The van der Waals surface area contributed by atoms with Crippen molar-refractivity contribution in [3.8, 4) is 0 Å². The molecule has 34 heavy (non-hydrogen) atoms. The Morgan fingerprint density at radius 2 is 1.88 bits per heavy atom. The van der Waals surface area contributed by atoms with Gasteiger partial charge in [-0.2, -0.15) is 4.98 Å². The Morgan fingerprint density at radius 1 is 1.21 bits per heavy atom. The Morgan fingerprint density at radius 3 is 2.47 bits per heavy atom. The SMILES string of the molecule is CCC(CO)Nc1ncc2nc(Nc3c(F)cc(F)cc3F)n(C3CCC(C(N)=O)CC3)c2n1. The predicted molar refractivity (Wildman–Crippen MR) is 120 cm³/mol. The first-order valence-corrected chi connectivity index (χ1v) is 11.1. The van der Waals surface area contributed by atoms with Gasteiger partial charge in [-0.3, -0.25) is 9.36 Å². The fourth-order valence-corrected chi connectivity index (χ4v) is 4.25. The molecule has 4 rings (SSSR count). The van der Waals surface area contributed by atoms with Crippen molar-refractivity contribution in [1.29, 1.82) is 0 Å². The predicted octanol–water partition coefficient (Wildman–Crippen LogP) is 3.39. The van der Waals surface area contributed by atoms with E-state index in [4.69, 9.17) is 5.73 Å². The van der Waals surface area contributed by atoms with Gasteiger partial charge in [-0.1, -0.05) is 6.92 Å². The second-order valence-electron chi connectivity index (χ2n) is 8.42. The number of nitrogens with one attached hydrogen (secondary N) is 2. The van der Waals surface area contributed by atoms with Gasteiger partial charge in [0.15, 0.2) is 17.3 Å². The number of benzene rings is 1. The Hall–Kier alpha value is -3.41. The lowest BCUT2D eigenvalue weighted by Crippen LogP contribution is -2.29. The molecule has 0 spiro atoms. The molecule has 5 N–H and O–H groups in total. The van der Waals surface area contributed by atoms with Crippen LogP contribution in [0.3, 0.4) is 0 Å². The molecule has 0 radical (unpaired) electrons. The number of halogens is 3. The van der Waals surface area contributed by atoms with Gasteiger partial charge in [-0.05, 0) is 32.1 Å². The minimum atomic E-state index is -1.10. The van der Waals surface area contributed by atoms with Gasteiger partial charge in [-0.25, -0.2) is 23.1 Å². The third-order valence-electron chi connectivity index (χ3n) is 6.19. The van der Waals surface area contributed by atoms with E-state index >= 15 is 0 Å². The smallest absolute Gasteiger partial charge is 0.225 e. The molecule has 2 heterocycles. The van der Waals surface area contributed by atoms with Crippen molar-refractivity contribution >= 4 is 34.7 Å². The molecule has 1 amide bonds. The number of rotatable bonds is 8. The molecule has 1 aromatic carbocycles. The summed E-state index contributed by atoms with van der Waals surface area (Å²) in [4.78, 5) is 24.8. The summed E-state index contributed by atoms with van der Waals surface area (Å²) in [6, 6.07) is 0.730. The normalized spacial score (nSPS) is 19.2. The van der Waals surface area contributed by atoms with Crippen molar-refractivity contribution in [2.75, 3.05) is 17.2 Å². The maximum atomic E-state index is 14.4. The van der Waals surface area contributed by atoms with Crippen LogP contribution in [0, 0.1) is 23.4 Å². The van der Waals surface area contributed by atoms with Crippen LogP contribution in [0.15, 0.2) is 18.3 Å². The molecule has 1 aliphatic carbocycles. The van der Waals surface area contributed by atoms with Crippen molar-refractivity contribution in [3.05, 3.63) is 35.8 Å². The Bertz CT molecular complexity index is 1170. The summed E-state index contributed by atoms with van der Waals surface area (Å²) < 4.78 is 43.8. The van der Waals surface area contributed by atoms with E-state index in [1.807, 2.05) is 6.92 Å². The highest BCUT2D eigenvalue weighted by atomic mass is 19.1. The number of nitrogens with zero attached hydrogens (tertiary/aromatic N) is 4. The number of nitrogens with two attached hydrogens (primary N) is 1. The van der Waals surface area contributed by atoms with E-state index < -0.39 is 23.1 Å². The molecule has 9 nitrogen and oxygen atoms in total. The van der Waals surface area contributed by atoms with Crippen LogP contribution in [-0.2, 0) is 4.79 Å². The van der Waals surface area contributed by atoms with E-state index in [9.17, 15) is 23.1 Å². The zero-order valence-electron chi connectivity index (χ0n) is 18.6. The number of aliphatic hydroxyl groups excluding tert-OH is 1. The lowest BCUT2D eigenvalue weighted by molar-refractivity contribution is -0.122. The van der Waals surface area contributed by atoms with E-state index in [2.05, 4.69) is 25.6 Å². The molecule has 0 bridgehead atoms. The number of amides is 1. The molecule has 0 saturated heterocycles. The van der Waals surface area contributed by atoms with E-state index in [1.54, 1.807) is 4.57 Å². The second-order valence-corrected chi connectivity index (χ2v) is 8.42. The molecule has 1 aliphatic rings. The summed E-state index contributed by atoms with van der Waals surface area (Å²) in [6.07, 6.45) is 4.37. The van der Waals surface area contributed by atoms with Crippen molar-refractivity contribution in [3.63, 3.8) is 0 Å². The highest BCUT2D eigenvalue weighted by Gasteiger charge is 2.29. The molecule has 1 unspecified atom stereocenters. The minimum absolute atomic E-state index is 0.107. The summed E-state index contributed by atoms with van der Waals surface area (Å²) >= 11 is 0. The number of anilines is 3. The first-order valence-electron chi connectivity index (χ1n) is 11.1. The standard InChI is InChI=1S/C22H26F3N7O2/c1-2-13(10-33)28-21-27-9-17-20(31-21)32(14-5-3-11(4-6-14)19(26)34)22(29-17)30-18-15(24)7-12(23)8-16(18)25/h7-9,11,13-14,33H,2-6,10H2,1H3,(H2,26,34)(H,29,30)(H,27,28,31). The Kier molecular flexibility index (Phi) is 6.87. The summed E-state index contributed by atoms with van der Waals surface area (Å²) in [6.45, 7) is 1.80. The topological polar surface area (TPSA) is 131 Å². The lowest BCUT2D eigenvalue weighted by Gasteiger charge is -2.29. The Balaban J connectivity index is 1.76. The van der Waals surface area contributed by atoms with E-state index in [1.165, 1.54) is 6.20 Å². The molecule has 12 heteroatoms. The Labute approximate surface area is 193 Å². The van der Waals surface area contributed by atoms with Crippen molar-refractivity contribution in [1.82, 2.24) is 19.5 Å². The monoisotopic (exact) mass is 477 g/mol. The van der Waals surface area contributed by atoms with Gasteiger partial charge in [0, 0.05) is 24.1 Å². The van der Waals surface area contributed by atoms with E-state index in [0.29, 0.717) is 55.4 Å². The fraction of sp³-hybridized carbons (Fsp3) is 0.455. The number of aromatic nitrogens is 4. The van der Waals surface area contributed by atoms with Gasteiger partial charge < -0.3 is 21.5 Å². The van der Waals surface area contributed by atoms with Gasteiger partial charge in [0.1, 0.15) is 17.0 Å². The van der Waals surface area contributed by atoms with Gasteiger partial charge in [0.2, 0.25) is 17.8 Å². The van der Waals surface area contributed by atoms with Crippen molar-refractivity contribution < 1.29 is 23.1 Å². The van der Waals surface area contributed by atoms with Gasteiger partial charge >= 0.3 is 0 Å². The highest BCUT2D eigenvalue weighted by molar-refractivity contribution is 5.78. The third kappa shape index (κ3) is 4.76. The molecule has 1 fully saturated rings. The molecule has 2 aromatic heterocycles. The van der Waals surface area contributed by atoms with Crippen LogP contribution in [-0.4, -0.2) is 43.2 Å². The number of carbonyl (C=O) groups excluding carboxylic acids is 1. The molecular formula is C22H26F3N7O2. The van der Waals surface area contributed by atoms with Crippen LogP contribution in [0.5, 0.6) is 0 Å².